The molecule has 0 unspecified atom stereocenters. The Hall–Kier alpha value is -2.56. The standard InChI is InChI=1S/C16H24N2O9/c1-11(19)18(14(9-25-12(2)20)10-26-13(3)21)8-15(22)27-16(17-23)4-6-24-7-5-16/h14H,4-10H2,1-3H3. The van der Waals surface area contributed by atoms with Gasteiger partial charge in [0.1, 0.15) is 25.8 Å². The zero-order valence-electron chi connectivity index (χ0n) is 15.6. The summed E-state index contributed by atoms with van der Waals surface area (Å²) in [6.07, 6.45) is 0.235. The monoisotopic (exact) mass is 388 g/mol. The van der Waals surface area contributed by atoms with Crippen LogP contribution in [0.1, 0.15) is 33.6 Å². The fourth-order valence-electron chi connectivity index (χ4n) is 2.44. The lowest BCUT2D eigenvalue weighted by Gasteiger charge is -2.33. The molecule has 1 heterocycles. The summed E-state index contributed by atoms with van der Waals surface area (Å²) in [6, 6.07) is -0.891. The molecule has 11 heteroatoms. The van der Waals surface area contributed by atoms with Crippen molar-refractivity contribution >= 4 is 23.8 Å². The van der Waals surface area contributed by atoms with E-state index in [-0.39, 0.29) is 39.3 Å². The molecule has 1 rings (SSSR count). The predicted octanol–water partition coefficient (Wildman–Crippen LogP) is 0.146. The van der Waals surface area contributed by atoms with Crippen LogP contribution in [0.2, 0.25) is 0 Å². The first-order chi connectivity index (χ1) is 12.7. The molecule has 1 amide bonds. The van der Waals surface area contributed by atoms with Crippen molar-refractivity contribution < 1.29 is 38.1 Å². The van der Waals surface area contributed by atoms with Crippen molar-refractivity contribution in [2.45, 2.75) is 45.4 Å². The molecule has 0 spiro atoms. The lowest BCUT2D eigenvalue weighted by atomic mass is 10.1. The predicted molar refractivity (Wildman–Crippen MR) is 89.1 cm³/mol. The number of esters is 3. The molecule has 1 aliphatic heterocycles. The zero-order chi connectivity index (χ0) is 20.4. The van der Waals surface area contributed by atoms with Crippen molar-refractivity contribution in [3.63, 3.8) is 0 Å². The molecule has 27 heavy (non-hydrogen) atoms. The van der Waals surface area contributed by atoms with E-state index >= 15 is 0 Å². The average Bonchev–Trinajstić information content (AvgIpc) is 2.60. The smallest absolute Gasteiger partial charge is 0.327 e. The van der Waals surface area contributed by atoms with E-state index in [9.17, 15) is 24.1 Å². The van der Waals surface area contributed by atoms with E-state index in [0.29, 0.717) is 0 Å². The third-order valence-corrected chi connectivity index (χ3v) is 3.85. The van der Waals surface area contributed by atoms with Gasteiger partial charge in [0.2, 0.25) is 11.6 Å². The van der Waals surface area contributed by atoms with Crippen molar-refractivity contribution in [1.82, 2.24) is 4.90 Å². The van der Waals surface area contributed by atoms with Crippen LogP contribution in [0.25, 0.3) is 0 Å². The van der Waals surface area contributed by atoms with Gasteiger partial charge < -0.3 is 23.8 Å². The van der Waals surface area contributed by atoms with Crippen LogP contribution in [0.4, 0.5) is 0 Å². The van der Waals surface area contributed by atoms with Crippen LogP contribution < -0.4 is 0 Å². The van der Waals surface area contributed by atoms with Crippen LogP contribution in [0.5, 0.6) is 0 Å². The number of carbonyl (C=O) groups is 4. The Morgan fingerprint density at radius 3 is 1.96 bits per heavy atom. The molecule has 0 aromatic rings. The topological polar surface area (TPSA) is 138 Å². The fraction of sp³-hybridized carbons (Fsp3) is 0.750. The summed E-state index contributed by atoms with van der Waals surface area (Å²) in [7, 11) is 0. The Labute approximate surface area is 156 Å². The van der Waals surface area contributed by atoms with Crippen molar-refractivity contribution in [2.75, 3.05) is 33.0 Å². The second kappa shape index (κ2) is 10.6. The van der Waals surface area contributed by atoms with Crippen LogP contribution in [0.15, 0.2) is 5.18 Å². The van der Waals surface area contributed by atoms with Gasteiger partial charge in [0.05, 0.1) is 13.2 Å². The minimum absolute atomic E-state index is 0.118. The highest BCUT2D eigenvalue weighted by Gasteiger charge is 2.39. The maximum absolute atomic E-state index is 12.3. The number of carbonyl (C=O) groups excluding carboxylic acids is 4. The molecule has 1 aliphatic rings. The quantitative estimate of drug-likeness (QED) is 0.307. The minimum Gasteiger partial charge on any atom is -0.464 e. The van der Waals surface area contributed by atoms with Gasteiger partial charge >= 0.3 is 17.9 Å². The molecule has 0 N–H and O–H groups in total. The van der Waals surface area contributed by atoms with Gasteiger partial charge in [0, 0.05) is 33.6 Å². The molecule has 0 radical (unpaired) electrons. The second-order valence-electron chi connectivity index (χ2n) is 6.03. The van der Waals surface area contributed by atoms with Crippen LogP contribution in [-0.4, -0.2) is 73.5 Å². The first-order valence-corrected chi connectivity index (χ1v) is 8.37. The van der Waals surface area contributed by atoms with Crippen LogP contribution in [0, 0.1) is 4.91 Å². The van der Waals surface area contributed by atoms with Gasteiger partial charge in [-0.3, -0.25) is 19.2 Å². The molecule has 152 valence electrons. The van der Waals surface area contributed by atoms with E-state index in [1.165, 1.54) is 20.8 Å². The van der Waals surface area contributed by atoms with E-state index in [1.54, 1.807) is 0 Å². The van der Waals surface area contributed by atoms with Crippen molar-refractivity contribution in [2.24, 2.45) is 5.18 Å². The van der Waals surface area contributed by atoms with Gasteiger partial charge in [-0.15, -0.1) is 4.91 Å². The Balaban J connectivity index is 2.83. The van der Waals surface area contributed by atoms with Crippen molar-refractivity contribution in [1.29, 1.82) is 0 Å². The molecule has 0 saturated carbocycles. The average molecular weight is 388 g/mol. The summed E-state index contributed by atoms with van der Waals surface area (Å²) < 4.78 is 20.1. The highest BCUT2D eigenvalue weighted by Crippen LogP contribution is 2.26. The summed E-state index contributed by atoms with van der Waals surface area (Å²) >= 11 is 0. The lowest BCUT2D eigenvalue weighted by molar-refractivity contribution is -0.173. The second-order valence-corrected chi connectivity index (χ2v) is 6.03. The maximum Gasteiger partial charge on any atom is 0.327 e. The Morgan fingerprint density at radius 2 is 1.56 bits per heavy atom. The van der Waals surface area contributed by atoms with E-state index in [2.05, 4.69) is 5.18 Å². The van der Waals surface area contributed by atoms with Gasteiger partial charge in [-0.25, -0.2) is 0 Å². The number of hydrogen-bond acceptors (Lipinski definition) is 10. The molecular formula is C16H24N2O9. The summed E-state index contributed by atoms with van der Waals surface area (Å²) in [5, 5.41) is 2.92. The van der Waals surface area contributed by atoms with Crippen LogP contribution in [0.3, 0.4) is 0 Å². The Kier molecular flexibility index (Phi) is 8.79. The SMILES string of the molecule is CC(=O)OCC(COC(C)=O)N(CC(=O)OC1(N=O)CCOCC1)C(C)=O. The van der Waals surface area contributed by atoms with Crippen molar-refractivity contribution in [3.05, 3.63) is 4.91 Å². The number of nitrogens with zero attached hydrogens (tertiary/aromatic N) is 2. The number of nitroso groups, excluding NO2 is 1. The first-order valence-electron chi connectivity index (χ1n) is 8.37. The molecule has 1 saturated heterocycles. The summed E-state index contributed by atoms with van der Waals surface area (Å²) in [4.78, 5) is 58.6. The summed E-state index contributed by atoms with van der Waals surface area (Å²) in [5.41, 5.74) is -1.53. The highest BCUT2D eigenvalue weighted by atomic mass is 16.6. The zero-order valence-corrected chi connectivity index (χ0v) is 15.6. The molecule has 0 bridgehead atoms. The van der Waals surface area contributed by atoms with E-state index in [4.69, 9.17) is 18.9 Å². The summed E-state index contributed by atoms with van der Waals surface area (Å²) in [5.74, 6) is -2.58. The number of rotatable bonds is 9. The number of amides is 1. The van der Waals surface area contributed by atoms with Gasteiger partial charge in [-0.2, -0.15) is 0 Å². The third-order valence-electron chi connectivity index (χ3n) is 3.85. The first kappa shape index (κ1) is 22.5. The highest BCUT2D eigenvalue weighted by molar-refractivity contribution is 5.81. The molecule has 0 atom stereocenters. The number of hydrogen-bond donors (Lipinski definition) is 0. The largest absolute Gasteiger partial charge is 0.464 e. The molecule has 0 aliphatic carbocycles. The van der Waals surface area contributed by atoms with Gasteiger partial charge in [-0.05, 0) is 5.18 Å². The molecule has 11 nitrogen and oxygen atoms in total. The summed E-state index contributed by atoms with van der Waals surface area (Å²) in [6.45, 7) is 2.92. The van der Waals surface area contributed by atoms with Gasteiger partial charge in [0.25, 0.3) is 0 Å². The van der Waals surface area contributed by atoms with E-state index in [0.717, 1.165) is 4.90 Å². The molecule has 0 aromatic carbocycles. The normalized spacial score (nSPS) is 15.6. The molecule has 1 fully saturated rings. The lowest BCUT2D eigenvalue weighted by Crippen LogP contribution is -2.49. The third kappa shape index (κ3) is 7.69. The van der Waals surface area contributed by atoms with Gasteiger partial charge in [-0.1, -0.05) is 0 Å². The van der Waals surface area contributed by atoms with E-state index in [1.807, 2.05) is 0 Å². The van der Waals surface area contributed by atoms with Gasteiger partial charge in [0.15, 0.2) is 0 Å². The Morgan fingerprint density at radius 1 is 1.04 bits per heavy atom. The van der Waals surface area contributed by atoms with Crippen molar-refractivity contribution in [3.8, 4) is 0 Å². The van der Waals surface area contributed by atoms with Crippen LogP contribution in [-0.2, 0) is 38.1 Å². The molecular weight excluding hydrogens is 364 g/mol. The minimum atomic E-state index is -1.53. The fourth-order valence-corrected chi connectivity index (χ4v) is 2.44. The van der Waals surface area contributed by atoms with E-state index < -0.39 is 42.1 Å². The number of ether oxygens (including phenoxy) is 4. The maximum atomic E-state index is 12.3. The Bertz CT molecular complexity index is 554. The molecule has 0 aromatic heterocycles. The van der Waals surface area contributed by atoms with Crippen LogP contribution >= 0.6 is 0 Å².